The Labute approximate surface area is 185 Å². The second kappa shape index (κ2) is 7.33. The van der Waals surface area contributed by atoms with E-state index in [9.17, 15) is 4.79 Å². The van der Waals surface area contributed by atoms with E-state index in [1.807, 2.05) is 0 Å². The number of fused-ring (bicyclic) bond motifs is 8. The number of hydrogen-bond donors (Lipinski definition) is 0. The predicted molar refractivity (Wildman–Crippen MR) is 127 cm³/mol. The van der Waals surface area contributed by atoms with E-state index in [1.54, 1.807) is 22.7 Å². The number of allylic oxidation sites excluding steroid dienone is 10. The van der Waals surface area contributed by atoms with Gasteiger partial charge in [0.1, 0.15) is 5.78 Å². The second-order valence-corrected chi connectivity index (χ2v) is 10.5. The van der Waals surface area contributed by atoms with Gasteiger partial charge in [-0.15, -0.1) is 22.7 Å². The third-order valence-corrected chi connectivity index (χ3v) is 8.64. The molecule has 1 nitrogen and oxygen atoms in total. The standard InChI is InChI=1S/C27H22OS2/c28-27-25-22-12-8-18(6-10-20-4-2-14-30-20)16-24(22)26(27)21-11-7-17(15-23(21)25)5-9-19-3-1-13-29-19/h1-16,21-26H/b9-5+,10-6+/t21?,22?,23?,24?,25-,26-/m1/s1. The molecule has 0 aromatic carbocycles. The SMILES string of the molecule is O=C1[C@@H]2C3C=CC(/C=C/c4cccs4)=CC3[C@H]1C1C=CC(/C=C/c3cccs3)=CC12. The number of thiophene rings is 2. The number of carbonyl (C=O) groups excluding carboxylic acids is 1. The van der Waals surface area contributed by atoms with Crippen LogP contribution in [0.25, 0.3) is 12.2 Å². The van der Waals surface area contributed by atoms with Crippen molar-refractivity contribution in [3.8, 4) is 0 Å². The molecule has 0 aliphatic heterocycles. The number of hydrogen-bond acceptors (Lipinski definition) is 3. The topological polar surface area (TPSA) is 17.1 Å². The van der Waals surface area contributed by atoms with Crippen LogP contribution >= 0.6 is 22.7 Å². The lowest BCUT2D eigenvalue weighted by atomic mass is 9.65. The van der Waals surface area contributed by atoms with Crippen LogP contribution in [0.5, 0.6) is 0 Å². The van der Waals surface area contributed by atoms with Crippen molar-refractivity contribution < 1.29 is 4.79 Å². The zero-order valence-corrected chi connectivity index (χ0v) is 18.1. The molecule has 30 heavy (non-hydrogen) atoms. The van der Waals surface area contributed by atoms with Gasteiger partial charge < -0.3 is 0 Å². The minimum atomic E-state index is 0.135. The highest BCUT2D eigenvalue weighted by molar-refractivity contribution is 7.11. The molecule has 6 rings (SSSR count). The van der Waals surface area contributed by atoms with Crippen LogP contribution in [0.3, 0.4) is 0 Å². The van der Waals surface area contributed by atoms with Gasteiger partial charge in [0.05, 0.1) is 0 Å². The molecule has 0 saturated heterocycles. The Bertz CT molecular complexity index is 1050. The highest BCUT2D eigenvalue weighted by atomic mass is 32.1. The van der Waals surface area contributed by atoms with Gasteiger partial charge >= 0.3 is 0 Å². The first-order valence-electron chi connectivity index (χ1n) is 10.5. The maximum atomic E-state index is 13.2. The van der Waals surface area contributed by atoms with E-state index < -0.39 is 0 Å². The van der Waals surface area contributed by atoms with Crippen LogP contribution in [-0.2, 0) is 4.79 Å². The van der Waals surface area contributed by atoms with E-state index in [-0.39, 0.29) is 11.8 Å². The summed E-state index contributed by atoms with van der Waals surface area (Å²) < 4.78 is 0. The third-order valence-electron chi connectivity index (χ3n) is 6.96. The smallest absolute Gasteiger partial charge is 0.141 e. The molecule has 2 fully saturated rings. The second-order valence-electron chi connectivity index (χ2n) is 8.51. The number of Topliss-reactive ketones (excluding diaryl/α,β-unsaturated/α-hetero) is 1. The quantitative estimate of drug-likeness (QED) is 0.524. The van der Waals surface area contributed by atoms with Crippen molar-refractivity contribution in [3.05, 3.63) is 105 Å². The van der Waals surface area contributed by atoms with Crippen molar-refractivity contribution in [1.29, 1.82) is 0 Å². The van der Waals surface area contributed by atoms with Crippen LogP contribution in [0.2, 0.25) is 0 Å². The lowest BCUT2D eigenvalue weighted by molar-refractivity contribution is -0.122. The molecular formula is C27H22OS2. The van der Waals surface area contributed by atoms with Crippen molar-refractivity contribution in [1.82, 2.24) is 0 Å². The highest BCUT2D eigenvalue weighted by Crippen LogP contribution is 2.60. The van der Waals surface area contributed by atoms with Gasteiger partial charge in [-0.25, -0.2) is 0 Å². The van der Waals surface area contributed by atoms with Crippen LogP contribution in [-0.4, -0.2) is 5.78 Å². The zero-order chi connectivity index (χ0) is 20.1. The van der Waals surface area contributed by atoms with Crippen molar-refractivity contribution >= 4 is 40.6 Å². The minimum absolute atomic E-state index is 0.135. The molecule has 0 N–H and O–H groups in total. The number of ketones is 1. The van der Waals surface area contributed by atoms with Gasteiger partial charge in [-0.1, -0.05) is 60.7 Å². The monoisotopic (exact) mass is 426 g/mol. The summed E-state index contributed by atoms with van der Waals surface area (Å²) in [6.07, 6.45) is 22.5. The first-order chi connectivity index (χ1) is 14.8. The van der Waals surface area contributed by atoms with E-state index >= 15 is 0 Å². The Morgan fingerprint density at radius 3 is 1.60 bits per heavy atom. The van der Waals surface area contributed by atoms with E-state index in [4.69, 9.17) is 0 Å². The predicted octanol–water partition coefficient (Wildman–Crippen LogP) is 6.82. The maximum absolute atomic E-state index is 13.2. The van der Waals surface area contributed by atoms with Gasteiger partial charge in [-0.3, -0.25) is 4.79 Å². The molecule has 0 radical (unpaired) electrons. The van der Waals surface area contributed by atoms with Crippen LogP contribution in [0.15, 0.2) is 94.8 Å². The van der Waals surface area contributed by atoms with Crippen molar-refractivity contribution in [2.24, 2.45) is 35.5 Å². The number of rotatable bonds is 4. The Morgan fingerprint density at radius 1 is 0.667 bits per heavy atom. The van der Waals surface area contributed by atoms with E-state index in [0.717, 1.165) is 0 Å². The molecule has 4 aliphatic carbocycles. The zero-order valence-electron chi connectivity index (χ0n) is 16.4. The molecule has 3 heteroatoms. The van der Waals surface area contributed by atoms with Gasteiger partial charge in [0.25, 0.3) is 0 Å². The molecule has 2 bridgehead atoms. The summed E-state index contributed by atoms with van der Waals surface area (Å²) in [7, 11) is 0. The van der Waals surface area contributed by atoms with Gasteiger partial charge in [0, 0.05) is 21.6 Å². The Kier molecular flexibility index (Phi) is 4.47. The summed E-state index contributed by atoms with van der Waals surface area (Å²) in [5.41, 5.74) is 2.47. The molecule has 2 aromatic rings. The molecule has 2 aromatic heterocycles. The summed E-state index contributed by atoms with van der Waals surface area (Å²) >= 11 is 3.50. The largest absolute Gasteiger partial charge is 0.299 e. The van der Waals surface area contributed by atoms with E-state index in [1.165, 1.54) is 20.9 Å². The van der Waals surface area contributed by atoms with Crippen LogP contribution in [0.4, 0.5) is 0 Å². The van der Waals surface area contributed by atoms with Crippen LogP contribution < -0.4 is 0 Å². The van der Waals surface area contributed by atoms with E-state index in [0.29, 0.717) is 29.5 Å². The Hall–Kier alpha value is -2.49. The van der Waals surface area contributed by atoms with Gasteiger partial charge in [-0.2, -0.15) is 0 Å². The summed E-state index contributed by atoms with van der Waals surface area (Å²) in [6, 6.07) is 8.42. The summed E-state index contributed by atoms with van der Waals surface area (Å²) in [4.78, 5) is 15.8. The molecule has 6 atom stereocenters. The first-order valence-corrected chi connectivity index (χ1v) is 12.3. The Balaban J connectivity index is 1.25. The highest BCUT2D eigenvalue weighted by Gasteiger charge is 2.61. The molecule has 0 spiro atoms. The summed E-state index contributed by atoms with van der Waals surface area (Å²) in [5, 5.41) is 4.20. The average Bonchev–Trinajstić information content (AvgIpc) is 3.55. The van der Waals surface area contributed by atoms with Crippen molar-refractivity contribution in [2.75, 3.05) is 0 Å². The molecule has 4 aliphatic rings. The molecule has 2 saturated carbocycles. The molecule has 2 heterocycles. The molecule has 4 unspecified atom stereocenters. The fourth-order valence-electron chi connectivity index (χ4n) is 5.73. The maximum Gasteiger partial charge on any atom is 0.141 e. The van der Waals surface area contributed by atoms with Gasteiger partial charge in [0.2, 0.25) is 0 Å². The summed E-state index contributed by atoms with van der Waals surface area (Å²) in [6.45, 7) is 0. The van der Waals surface area contributed by atoms with Gasteiger partial charge in [0.15, 0.2) is 0 Å². The minimum Gasteiger partial charge on any atom is -0.299 e. The fourth-order valence-corrected chi connectivity index (χ4v) is 6.96. The Morgan fingerprint density at radius 2 is 1.17 bits per heavy atom. The molecular weight excluding hydrogens is 404 g/mol. The van der Waals surface area contributed by atoms with Crippen molar-refractivity contribution in [3.63, 3.8) is 0 Å². The van der Waals surface area contributed by atoms with Gasteiger partial charge in [-0.05, 0) is 69.9 Å². The third kappa shape index (κ3) is 3.00. The molecule has 148 valence electrons. The fraction of sp³-hybridized carbons (Fsp3) is 0.222. The van der Waals surface area contributed by atoms with Crippen LogP contribution in [0, 0.1) is 35.5 Å². The van der Waals surface area contributed by atoms with Crippen molar-refractivity contribution in [2.45, 2.75) is 0 Å². The van der Waals surface area contributed by atoms with Crippen LogP contribution in [0.1, 0.15) is 9.75 Å². The first kappa shape index (κ1) is 18.3. The normalized spacial score (nSPS) is 33.9. The summed E-state index contributed by atoms with van der Waals surface area (Å²) in [5.74, 6) is 2.15. The lowest BCUT2D eigenvalue weighted by Gasteiger charge is -2.38. The van der Waals surface area contributed by atoms with E-state index in [2.05, 4.69) is 95.8 Å². The lowest BCUT2D eigenvalue weighted by Crippen LogP contribution is -2.33. The number of carbonyl (C=O) groups is 1. The average molecular weight is 427 g/mol. The molecule has 0 amide bonds.